The molecule has 1 heterocycles. The lowest BCUT2D eigenvalue weighted by Crippen LogP contribution is -2.22. The standard InChI is InChI=1S/C13H12Br2N2O/c1-8-4-11(15)7-17(13(8)18)6-9-2-3-10(14)5-12(9)16/h2-5,7H,6,16H2,1H3. The Bertz CT molecular complexity index is 650. The molecule has 2 aromatic rings. The lowest BCUT2D eigenvalue weighted by molar-refractivity contribution is 0.750. The van der Waals surface area contributed by atoms with Crippen molar-refractivity contribution in [1.82, 2.24) is 4.57 Å². The van der Waals surface area contributed by atoms with Crippen LogP contribution in [0, 0.1) is 6.92 Å². The minimum absolute atomic E-state index is 0.000480. The van der Waals surface area contributed by atoms with Crippen LogP contribution in [0.15, 0.2) is 44.2 Å². The summed E-state index contributed by atoms with van der Waals surface area (Å²) in [5.74, 6) is 0. The summed E-state index contributed by atoms with van der Waals surface area (Å²) in [4.78, 5) is 12.0. The molecular weight excluding hydrogens is 360 g/mol. The monoisotopic (exact) mass is 370 g/mol. The fourth-order valence-electron chi connectivity index (χ4n) is 1.75. The van der Waals surface area contributed by atoms with E-state index in [1.54, 1.807) is 17.7 Å². The summed E-state index contributed by atoms with van der Waals surface area (Å²) in [6.07, 6.45) is 1.77. The number of rotatable bonds is 2. The number of nitrogen functional groups attached to an aromatic ring is 1. The molecule has 0 saturated carbocycles. The zero-order valence-corrected chi connectivity index (χ0v) is 13.0. The lowest BCUT2D eigenvalue weighted by Gasteiger charge is -2.10. The van der Waals surface area contributed by atoms with E-state index in [-0.39, 0.29) is 5.56 Å². The van der Waals surface area contributed by atoms with Gasteiger partial charge in [-0.05, 0) is 46.6 Å². The van der Waals surface area contributed by atoms with E-state index in [0.717, 1.165) is 14.5 Å². The minimum Gasteiger partial charge on any atom is -0.398 e. The molecule has 0 fully saturated rings. The van der Waals surface area contributed by atoms with Crippen LogP contribution in [0.4, 0.5) is 5.69 Å². The number of aryl methyl sites for hydroxylation is 1. The third kappa shape index (κ3) is 2.84. The maximum atomic E-state index is 12.0. The van der Waals surface area contributed by atoms with Crippen molar-refractivity contribution >= 4 is 37.5 Å². The highest BCUT2D eigenvalue weighted by atomic mass is 79.9. The highest BCUT2D eigenvalue weighted by Gasteiger charge is 2.05. The van der Waals surface area contributed by atoms with Gasteiger partial charge in [0.2, 0.25) is 0 Å². The van der Waals surface area contributed by atoms with E-state index < -0.39 is 0 Å². The topological polar surface area (TPSA) is 48.0 Å². The lowest BCUT2D eigenvalue weighted by atomic mass is 10.2. The van der Waals surface area contributed by atoms with Crippen LogP contribution in [0.25, 0.3) is 0 Å². The minimum atomic E-state index is 0.000480. The van der Waals surface area contributed by atoms with E-state index in [1.807, 2.05) is 24.3 Å². The maximum absolute atomic E-state index is 12.0. The molecule has 5 heteroatoms. The number of hydrogen-bond donors (Lipinski definition) is 1. The van der Waals surface area contributed by atoms with Crippen molar-refractivity contribution in [3.8, 4) is 0 Å². The molecule has 18 heavy (non-hydrogen) atoms. The quantitative estimate of drug-likeness (QED) is 0.823. The molecule has 1 aromatic carbocycles. The second-order valence-electron chi connectivity index (χ2n) is 4.12. The Balaban J connectivity index is 2.43. The van der Waals surface area contributed by atoms with Crippen molar-refractivity contribution < 1.29 is 0 Å². The van der Waals surface area contributed by atoms with Gasteiger partial charge in [0.05, 0.1) is 6.54 Å². The Morgan fingerprint density at radius 1 is 1.22 bits per heavy atom. The molecule has 94 valence electrons. The van der Waals surface area contributed by atoms with Crippen molar-refractivity contribution in [3.63, 3.8) is 0 Å². The van der Waals surface area contributed by atoms with Crippen LogP contribution in [0.2, 0.25) is 0 Å². The summed E-state index contributed by atoms with van der Waals surface area (Å²) in [7, 11) is 0. The first-order valence-electron chi connectivity index (χ1n) is 5.38. The maximum Gasteiger partial charge on any atom is 0.253 e. The van der Waals surface area contributed by atoms with Crippen LogP contribution >= 0.6 is 31.9 Å². The van der Waals surface area contributed by atoms with E-state index in [9.17, 15) is 4.79 Å². The van der Waals surface area contributed by atoms with Crippen LogP contribution < -0.4 is 11.3 Å². The molecule has 2 rings (SSSR count). The number of benzene rings is 1. The van der Waals surface area contributed by atoms with Gasteiger partial charge in [-0.1, -0.05) is 22.0 Å². The van der Waals surface area contributed by atoms with Crippen molar-refractivity contribution in [3.05, 3.63) is 60.9 Å². The molecule has 0 atom stereocenters. The van der Waals surface area contributed by atoms with Gasteiger partial charge in [-0.2, -0.15) is 0 Å². The van der Waals surface area contributed by atoms with E-state index in [4.69, 9.17) is 5.73 Å². The van der Waals surface area contributed by atoms with Gasteiger partial charge in [-0.25, -0.2) is 0 Å². The van der Waals surface area contributed by atoms with Gasteiger partial charge < -0.3 is 10.3 Å². The van der Waals surface area contributed by atoms with E-state index in [1.165, 1.54) is 0 Å². The van der Waals surface area contributed by atoms with Gasteiger partial charge in [-0.3, -0.25) is 4.79 Å². The van der Waals surface area contributed by atoms with Crippen LogP contribution in [-0.4, -0.2) is 4.57 Å². The summed E-state index contributed by atoms with van der Waals surface area (Å²) in [5.41, 5.74) is 8.25. The zero-order chi connectivity index (χ0) is 13.3. The molecule has 0 radical (unpaired) electrons. The first kappa shape index (κ1) is 13.4. The molecule has 0 spiro atoms. The Hall–Kier alpha value is -1.07. The van der Waals surface area contributed by atoms with E-state index >= 15 is 0 Å². The predicted molar refractivity (Wildman–Crippen MR) is 80.8 cm³/mol. The first-order valence-corrected chi connectivity index (χ1v) is 6.96. The third-order valence-electron chi connectivity index (χ3n) is 2.68. The molecule has 2 N–H and O–H groups in total. The SMILES string of the molecule is Cc1cc(Br)cn(Cc2ccc(Br)cc2N)c1=O. The summed E-state index contributed by atoms with van der Waals surface area (Å²) < 4.78 is 3.47. The van der Waals surface area contributed by atoms with Gasteiger partial charge in [-0.15, -0.1) is 0 Å². The fourth-order valence-corrected chi connectivity index (χ4v) is 2.72. The number of nitrogens with two attached hydrogens (primary N) is 1. The molecule has 3 nitrogen and oxygen atoms in total. The highest BCUT2D eigenvalue weighted by Crippen LogP contribution is 2.19. The second kappa shape index (κ2) is 5.28. The number of halogens is 2. The van der Waals surface area contributed by atoms with Gasteiger partial charge >= 0.3 is 0 Å². The van der Waals surface area contributed by atoms with Crippen LogP contribution in [-0.2, 0) is 6.54 Å². The highest BCUT2D eigenvalue weighted by molar-refractivity contribution is 9.10. The number of aromatic nitrogens is 1. The molecular formula is C13H12Br2N2O. The Morgan fingerprint density at radius 2 is 1.94 bits per heavy atom. The largest absolute Gasteiger partial charge is 0.398 e. The number of nitrogens with zero attached hydrogens (tertiary/aromatic N) is 1. The molecule has 0 unspecified atom stereocenters. The van der Waals surface area contributed by atoms with Gasteiger partial charge in [0.15, 0.2) is 0 Å². The number of anilines is 1. The summed E-state index contributed by atoms with van der Waals surface area (Å²) in [5, 5.41) is 0. The van der Waals surface area contributed by atoms with Crippen molar-refractivity contribution in [2.24, 2.45) is 0 Å². The number of pyridine rings is 1. The van der Waals surface area contributed by atoms with Gasteiger partial charge in [0.25, 0.3) is 5.56 Å². The summed E-state index contributed by atoms with van der Waals surface area (Å²) >= 11 is 6.76. The average Bonchev–Trinajstić information content (AvgIpc) is 2.29. The van der Waals surface area contributed by atoms with Crippen LogP contribution in [0.1, 0.15) is 11.1 Å². The third-order valence-corrected chi connectivity index (χ3v) is 3.61. The van der Waals surface area contributed by atoms with Crippen molar-refractivity contribution in [2.45, 2.75) is 13.5 Å². The van der Waals surface area contributed by atoms with E-state index in [0.29, 0.717) is 17.8 Å². The second-order valence-corrected chi connectivity index (χ2v) is 5.95. The summed E-state index contributed by atoms with van der Waals surface area (Å²) in [6, 6.07) is 7.48. The van der Waals surface area contributed by atoms with Crippen molar-refractivity contribution in [2.75, 3.05) is 5.73 Å². The normalized spacial score (nSPS) is 10.6. The molecule has 0 amide bonds. The Labute approximate surface area is 122 Å². The number of hydrogen-bond acceptors (Lipinski definition) is 2. The fraction of sp³-hybridized carbons (Fsp3) is 0.154. The van der Waals surface area contributed by atoms with Crippen molar-refractivity contribution in [1.29, 1.82) is 0 Å². The summed E-state index contributed by atoms with van der Waals surface area (Å²) in [6.45, 7) is 2.27. The van der Waals surface area contributed by atoms with Gasteiger partial charge in [0, 0.05) is 26.4 Å². The molecule has 0 bridgehead atoms. The molecule has 0 aliphatic carbocycles. The molecule has 0 aliphatic heterocycles. The predicted octanol–water partition coefficient (Wildman–Crippen LogP) is 3.31. The Morgan fingerprint density at radius 3 is 2.61 bits per heavy atom. The smallest absolute Gasteiger partial charge is 0.253 e. The van der Waals surface area contributed by atoms with Gasteiger partial charge in [0.1, 0.15) is 0 Å². The van der Waals surface area contributed by atoms with E-state index in [2.05, 4.69) is 31.9 Å². The zero-order valence-electron chi connectivity index (χ0n) is 9.78. The van der Waals surface area contributed by atoms with Crippen LogP contribution in [0.5, 0.6) is 0 Å². The average molecular weight is 372 g/mol. The molecule has 0 saturated heterocycles. The molecule has 1 aromatic heterocycles. The first-order chi connectivity index (χ1) is 8.47. The van der Waals surface area contributed by atoms with Crippen LogP contribution in [0.3, 0.4) is 0 Å². The Kier molecular flexibility index (Phi) is 3.92. The molecule has 0 aliphatic rings.